The Labute approximate surface area is 214 Å². The second-order valence-electron chi connectivity index (χ2n) is 9.63. The molecule has 1 aliphatic heterocycles. The van der Waals surface area contributed by atoms with Crippen molar-refractivity contribution in [2.24, 2.45) is 11.8 Å². The first-order chi connectivity index (χ1) is 18.1. The number of anilines is 2. The third-order valence-corrected chi connectivity index (χ3v) is 6.94. The smallest absolute Gasteiger partial charge is 0.228 e. The van der Waals surface area contributed by atoms with Crippen molar-refractivity contribution in [1.29, 1.82) is 0 Å². The average Bonchev–Trinajstić information content (AvgIpc) is 3.47. The van der Waals surface area contributed by atoms with Crippen LogP contribution in [0.1, 0.15) is 35.9 Å². The standard InChI is InChI=1S/C27H27N9O/c1-17-11-22(17)27(37)32-24-12-23-19(14-30-26(28-2)25(23)34-33-24)4-6-20-5-3-18(13-29-20)15-35-9-10-36-21(16-35)7-8-31-36/h3,5,7-8,12-14,17,22H,9-11,15-16H2,1-2H3,(H,28,30)(H,32,33,37)/t17-,22+/m1/s1. The molecule has 1 saturated carbocycles. The van der Waals surface area contributed by atoms with Crippen molar-refractivity contribution in [3.63, 3.8) is 0 Å². The minimum absolute atomic E-state index is 0.0175. The third-order valence-electron chi connectivity index (χ3n) is 6.94. The van der Waals surface area contributed by atoms with Gasteiger partial charge in [-0.05, 0) is 42.0 Å². The highest BCUT2D eigenvalue weighted by molar-refractivity contribution is 5.97. The first-order valence-electron chi connectivity index (χ1n) is 12.4. The molecular weight excluding hydrogens is 466 g/mol. The van der Waals surface area contributed by atoms with Gasteiger partial charge in [-0.1, -0.05) is 18.9 Å². The second kappa shape index (κ2) is 9.59. The van der Waals surface area contributed by atoms with Gasteiger partial charge in [0.25, 0.3) is 0 Å². The van der Waals surface area contributed by atoms with Gasteiger partial charge >= 0.3 is 0 Å². The lowest BCUT2D eigenvalue weighted by Gasteiger charge is -2.27. The molecule has 0 saturated heterocycles. The first-order valence-corrected chi connectivity index (χ1v) is 12.4. The molecule has 2 N–H and O–H groups in total. The number of aromatic nitrogens is 6. The molecule has 0 bridgehead atoms. The van der Waals surface area contributed by atoms with Gasteiger partial charge in [0.1, 0.15) is 11.2 Å². The highest BCUT2D eigenvalue weighted by Crippen LogP contribution is 2.38. The lowest BCUT2D eigenvalue weighted by molar-refractivity contribution is -0.117. The maximum atomic E-state index is 12.4. The zero-order valence-corrected chi connectivity index (χ0v) is 20.8. The number of nitrogens with one attached hydrogen (secondary N) is 2. The van der Waals surface area contributed by atoms with Crippen LogP contribution < -0.4 is 10.6 Å². The monoisotopic (exact) mass is 493 g/mol. The van der Waals surface area contributed by atoms with E-state index < -0.39 is 0 Å². The summed E-state index contributed by atoms with van der Waals surface area (Å²) in [7, 11) is 1.78. The van der Waals surface area contributed by atoms with Crippen molar-refractivity contribution in [3.05, 3.63) is 65.4 Å². The first kappa shape index (κ1) is 23.1. The molecule has 0 unspecified atom stereocenters. The number of carbonyl (C=O) groups excluding carboxylic acids is 1. The van der Waals surface area contributed by atoms with E-state index in [9.17, 15) is 4.79 Å². The second-order valence-corrected chi connectivity index (χ2v) is 9.63. The Morgan fingerprint density at radius 2 is 2.03 bits per heavy atom. The molecule has 6 rings (SSSR count). The van der Waals surface area contributed by atoms with Gasteiger partial charge in [-0.3, -0.25) is 14.4 Å². The van der Waals surface area contributed by atoms with E-state index in [1.54, 1.807) is 19.3 Å². The van der Waals surface area contributed by atoms with Crippen LogP contribution in [0.3, 0.4) is 0 Å². The number of fused-ring (bicyclic) bond motifs is 2. The molecule has 37 heavy (non-hydrogen) atoms. The zero-order chi connectivity index (χ0) is 25.4. The van der Waals surface area contributed by atoms with Crippen LogP contribution in [0.15, 0.2) is 42.9 Å². The number of hydrogen-bond donors (Lipinski definition) is 2. The third kappa shape index (κ3) is 4.86. The van der Waals surface area contributed by atoms with Gasteiger partial charge in [0.15, 0.2) is 11.6 Å². The highest BCUT2D eigenvalue weighted by atomic mass is 16.2. The Morgan fingerprint density at radius 1 is 1.14 bits per heavy atom. The Balaban J connectivity index is 1.20. The van der Waals surface area contributed by atoms with E-state index in [2.05, 4.69) is 76.4 Å². The lowest BCUT2D eigenvalue weighted by Crippen LogP contribution is -2.33. The summed E-state index contributed by atoms with van der Waals surface area (Å²) in [6.45, 7) is 5.65. The number of rotatable bonds is 5. The highest BCUT2D eigenvalue weighted by Gasteiger charge is 2.39. The van der Waals surface area contributed by atoms with Crippen molar-refractivity contribution in [3.8, 4) is 11.8 Å². The summed E-state index contributed by atoms with van der Waals surface area (Å²) in [5, 5.41) is 19.5. The SMILES string of the molecule is CNc1ncc(C#Cc2ccc(CN3CCn4nccc4C3)cn2)c2cc(NC(=O)[C@H]3C[C@H]3C)nnc12. The molecule has 5 heterocycles. The van der Waals surface area contributed by atoms with Gasteiger partial charge in [-0.25, -0.2) is 9.97 Å². The van der Waals surface area contributed by atoms with Crippen molar-refractivity contribution >= 4 is 28.4 Å². The van der Waals surface area contributed by atoms with Crippen LogP contribution in [0.2, 0.25) is 0 Å². The summed E-state index contributed by atoms with van der Waals surface area (Å²) < 4.78 is 2.06. The predicted molar refractivity (Wildman–Crippen MR) is 139 cm³/mol. The quantitative estimate of drug-likeness (QED) is 0.408. The van der Waals surface area contributed by atoms with Gasteiger partial charge in [-0.15, -0.1) is 10.2 Å². The molecule has 1 aliphatic carbocycles. The van der Waals surface area contributed by atoms with Crippen LogP contribution in [0.4, 0.5) is 11.6 Å². The average molecular weight is 494 g/mol. The molecule has 2 atom stereocenters. The molecule has 2 aliphatic rings. The van der Waals surface area contributed by atoms with Crippen LogP contribution in [0.25, 0.3) is 10.9 Å². The maximum absolute atomic E-state index is 12.4. The minimum Gasteiger partial charge on any atom is -0.371 e. The number of hydrogen-bond acceptors (Lipinski definition) is 8. The summed E-state index contributed by atoms with van der Waals surface area (Å²) in [6, 6.07) is 7.89. The molecular formula is C27H27N9O. The molecule has 1 fully saturated rings. The van der Waals surface area contributed by atoms with Crippen LogP contribution in [-0.4, -0.2) is 54.3 Å². The lowest BCUT2D eigenvalue weighted by atomic mass is 10.1. The van der Waals surface area contributed by atoms with Gasteiger partial charge in [-0.2, -0.15) is 5.10 Å². The van der Waals surface area contributed by atoms with Crippen molar-refractivity contribution in [2.75, 3.05) is 24.2 Å². The van der Waals surface area contributed by atoms with Crippen LogP contribution in [-0.2, 0) is 24.4 Å². The molecule has 0 aromatic carbocycles. The summed E-state index contributed by atoms with van der Waals surface area (Å²) in [5.41, 5.74) is 4.34. The molecule has 0 spiro atoms. The van der Waals surface area contributed by atoms with Gasteiger partial charge < -0.3 is 10.6 Å². The van der Waals surface area contributed by atoms with E-state index in [4.69, 9.17) is 0 Å². The Hall–Kier alpha value is -4.36. The number of pyridine rings is 2. The Morgan fingerprint density at radius 3 is 2.81 bits per heavy atom. The molecule has 10 nitrogen and oxygen atoms in total. The normalized spacial score (nSPS) is 18.5. The van der Waals surface area contributed by atoms with Crippen LogP contribution in [0, 0.1) is 23.7 Å². The summed E-state index contributed by atoms with van der Waals surface area (Å²) in [5.74, 6) is 7.79. The molecule has 0 radical (unpaired) electrons. The van der Waals surface area contributed by atoms with Gasteiger partial charge in [0.2, 0.25) is 5.91 Å². The topological polar surface area (TPSA) is 114 Å². The molecule has 4 aromatic heterocycles. The van der Waals surface area contributed by atoms with E-state index >= 15 is 0 Å². The largest absolute Gasteiger partial charge is 0.371 e. The van der Waals surface area contributed by atoms with Gasteiger partial charge in [0, 0.05) is 56.6 Å². The van der Waals surface area contributed by atoms with Crippen molar-refractivity contribution in [2.45, 2.75) is 33.0 Å². The summed E-state index contributed by atoms with van der Waals surface area (Å²) in [6.07, 6.45) is 6.35. The fourth-order valence-electron chi connectivity index (χ4n) is 4.64. The van der Waals surface area contributed by atoms with E-state index in [0.29, 0.717) is 34.3 Å². The van der Waals surface area contributed by atoms with E-state index in [0.717, 1.165) is 43.5 Å². The molecule has 4 aromatic rings. The fraction of sp³-hybridized carbons (Fsp3) is 0.333. The minimum atomic E-state index is -0.0175. The van der Waals surface area contributed by atoms with E-state index in [-0.39, 0.29) is 11.8 Å². The summed E-state index contributed by atoms with van der Waals surface area (Å²) >= 11 is 0. The Bertz CT molecular complexity index is 1530. The van der Waals surface area contributed by atoms with Gasteiger partial charge in [0.05, 0.1) is 17.8 Å². The van der Waals surface area contributed by atoms with Crippen molar-refractivity contribution < 1.29 is 4.79 Å². The van der Waals surface area contributed by atoms with Crippen LogP contribution >= 0.6 is 0 Å². The zero-order valence-electron chi connectivity index (χ0n) is 20.8. The van der Waals surface area contributed by atoms with E-state index in [1.165, 1.54) is 5.69 Å². The summed E-state index contributed by atoms with van der Waals surface area (Å²) in [4.78, 5) is 23.8. The Kier molecular flexibility index (Phi) is 5.98. The van der Waals surface area contributed by atoms with Crippen LogP contribution in [0.5, 0.6) is 0 Å². The molecule has 186 valence electrons. The molecule has 1 amide bonds. The number of nitrogens with zero attached hydrogens (tertiary/aromatic N) is 7. The maximum Gasteiger partial charge on any atom is 0.228 e. The number of carbonyl (C=O) groups is 1. The number of amides is 1. The predicted octanol–water partition coefficient (Wildman–Crippen LogP) is 2.67. The van der Waals surface area contributed by atoms with Crippen molar-refractivity contribution in [1.82, 2.24) is 34.8 Å². The fourth-order valence-corrected chi connectivity index (χ4v) is 4.64. The molecule has 10 heteroatoms. The van der Waals surface area contributed by atoms with E-state index in [1.807, 2.05) is 18.5 Å².